The van der Waals surface area contributed by atoms with Crippen LogP contribution in [0.25, 0.3) is 0 Å². The van der Waals surface area contributed by atoms with Gasteiger partial charge >= 0.3 is 15.2 Å². The van der Waals surface area contributed by atoms with E-state index < -0.39 is 32.4 Å². The molecule has 0 radical (unpaired) electrons. The molecule has 11 heteroatoms. The third kappa shape index (κ3) is 2.31. The van der Waals surface area contributed by atoms with Gasteiger partial charge in [-0.05, 0) is 12.8 Å². The molecule has 2 aliphatic rings. The van der Waals surface area contributed by atoms with Crippen molar-refractivity contribution in [3.05, 3.63) is 0 Å². The lowest BCUT2D eigenvalue weighted by Crippen LogP contribution is -2.39. The molecular formula is C8H14N2O7P2. The van der Waals surface area contributed by atoms with Crippen molar-refractivity contribution in [2.45, 2.75) is 30.7 Å². The number of ketones is 1. The fraction of sp³-hybridized carbons (Fsp3) is 0.750. The highest BCUT2D eigenvalue weighted by molar-refractivity contribution is 7.72. The van der Waals surface area contributed by atoms with Gasteiger partial charge in [0, 0.05) is 12.3 Å². The predicted octanol–water partition coefficient (Wildman–Crippen LogP) is -0.286. The molecule has 0 saturated heterocycles. The van der Waals surface area contributed by atoms with Gasteiger partial charge in [-0.15, -0.1) is 0 Å². The third-order valence-corrected chi connectivity index (χ3v) is 7.51. The maximum atomic E-state index is 11.9. The molecule has 0 unspecified atom stereocenters. The lowest BCUT2D eigenvalue weighted by atomic mass is 9.80. The Morgan fingerprint density at radius 2 is 1.74 bits per heavy atom. The van der Waals surface area contributed by atoms with Gasteiger partial charge in [0.15, 0.2) is 5.78 Å². The molecule has 0 aromatic carbocycles. The monoisotopic (exact) mass is 312 g/mol. The second-order valence-corrected chi connectivity index (χ2v) is 8.80. The number of rotatable bonds is 4. The number of carbonyl (C=O) groups is 1. The van der Waals surface area contributed by atoms with E-state index in [2.05, 4.69) is 5.10 Å². The Kier molecular flexibility index (Phi) is 3.50. The van der Waals surface area contributed by atoms with Gasteiger partial charge in [0.2, 0.25) is 0 Å². The largest absolute Gasteiger partial charge is 0.365 e. The first-order chi connectivity index (χ1) is 8.58. The number of Topliss-reactive ketones (excluding diaryl/α,β-unsaturated/α-hetero) is 1. The summed E-state index contributed by atoms with van der Waals surface area (Å²) in [5.74, 6) is -0.660. The molecule has 1 aliphatic heterocycles. The molecule has 0 atom stereocenters. The van der Waals surface area contributed by atoms with Crippen LogP contribution in [0.5, 0.6) is 0 Å². The fourth-order valence-corrected chi connectivity index (χ4v) is 4.45. The van der Waals surface area contributed by atoms with E-state index in [0.717, 1.165) is 6.42 Å². The highest BCUT2D eigenvalue weighted by atomic mass is 31.2. The van der Waals surface area contributed by atoms with E-state index in [4.69, 9.17) is 0 Å². The quantitative estimate of drug-likeness (QED) is 0.443. The van der Waals surface area contributed by atoms with Gasteiger partial charge in [-0.3, -0.25) is 19.4 Å². The molecule has 0 aromatic heterocycles. The molecule has 5 N–H and O–H groups in total. The highest BCUT2D eigenvalue weighted by Gasteiger charge is 2.64. The van der Waals surface area contributed by atoms with Crippen molar-refractivity contribution < 1.29 is 33.5 Å². The summed E-state index contributed by atoms with van der Waals surface area (Å²) in [5.41, 5.74) is 1.61. The third-order valence-electron chi connectivity index (χ3n) is 3.51. The van der Waals surface area contributed by atoms with E-state index in [9.17, 15) is 33.5 Å². The molecular weight excluding hydrogens is 298 g/mol. The summed E-state index contributed by atoms with van der Waals surface area (Å²) >= 11 is 0. The molecule has 1 fully saturated rings. The molecule has 1 aliphatic carbocycles. The average Bonchev–Trinajstić information content (AvgIpc) is 2.57. The van der Waals surface area contributed by atoms with Crippen molar-refractivity contribution in [1.82, 2.24) is 5.43 Å². The van der Waals surface area contributed by atoms with Crippen LogP contribution in [0, 0.1) is 5.92 Å². The number of hydrogen-bond donors (Lipinski definition) is 5. The zero-order chi connectivity index (χ0) is 14.5. The first-order valence-electron chi connectivity index (χ1n) is 5.58. The summed E-state index contributed by atoms with van der Waals surface area (Å²) in [5, 5.41) is 0.647. The summed E-state index contributed by atoms with van der Waals surface area (Å²) in [6, 6.07) is 0. The zero-order valence-corrected chi connectivity index (χ0v) is 11.5. The van der Waals surface area contributed by atoms with Crippen molar-refractivity contribution in [2.24, 2.45) is 11.0 Å². The van der Waals surface area contributed by atoms with Crippen molar-refractivity contribution in [3.8, 4) is 0 Å². The number of nitrogens with one attached hydrogen (secondary N) is 1. The van der Waals surface area contributed by atoms with E-state index in [1.54, 1.807) is 0 Å². The van der Waals surface area contributed by atoms with Crippen molar-refractivity contribution in [1.29, 1.82) is 0 Å². The predicted molar refractivity (Wildman–Crippen MR) is 64.4 cm³/mol. The van der Waals surface area contributed by atoms with Gasteiger partial charge in [0.25, 0.3) is 5.02 Å². The number of nitrogens with zero attached hydrogens (tertiary/aromatic N) is 1. The van der Waals surface area contributed by atoms with Crippen molar-refractivity contribution >= 4 is 26.7 Å². The Morgan fingerprint density at radius 1 is 1.21 bits per heavy atom. The standard InChI is InChI=1S/C8H14N2O7P2/c11-7(5-2-1-3-5)6-4-8(10-9-6,18(12,13)14)19(15,16)17/h5,10H,1-4H2,(H2,12,13,14)(H2,15,16,17). The van der Waals surface area contributed by atoms with Gasteiger partial charge < -0.3 is 19.6 Å². The molecule has 9 nitrogen and oxygen atoms in total. The van der Waals surface area contributed by atoms with E-state index in [1.165, 1.54) is 0 Å². The molecule has 1 heterocycles. The van der Waals surface area contributed by atoms with Crippen LogP contribution in [0.1, 0.15) is 25.7 Å². The van der Waals surface area contributed by atoms with E-state index in [1.807, 2.05) is 5.43 Å². The first kappa shape index (κ1) is 14.8. The van der Waals surface area contributed by atoms with Crippen LogP contribution in [-0.2, 0) is 13.9 Å². The molecule has 108 valence electrons. The van der Waals surface area contributed by atoms with E-state index in [-0.39, 0.29) is 11.6 Å². The first-order valence-corrected chi connectivity index (χ1v) is 8.80. The summed E-state index contributed by atoms with van der Waals surface area (Å²) in [6.45, 7) is 0. The summed E-state index contributed by atoms with van der Waals surface area (Å²) in [7, 11) is -10.4. The Labute approximate surface area is 108 Å². The normalized spacial score (nSPS) is 23.5. The smallest absolute Gasteiger partial charge is 0.322 e. The zero-order valence-electron chi connectivity index (χ0n) is 9.76. The van der Waals surface area contributed by atoms with Crippen LogP contribution in [0.15, 0.2) is 5.10 Å². The van der Waals surface area contributed by atoms with Crippen LogP contribution < -0.4 is 5.43 Å². The molecule has 2 rings (SSSR count). The molecule has 0 bridgehead atoms. The maximum absolute atomic E-state index is 11.9. The maximum Gasteiger partial charge on any atom is 0.365 e. The van der Waals surface area contributed by atoms with Gasteiger partial charge in [0.1, 0.15) is 5.71 Å². The lowest BCUT2D eigenvalue weighted by Gasteiger charge is -2.30. The summed E-state index contributed by atoms with van der Waals surface area (Å²) in [6.07, 6.45) is 1.45. The minimum atomic E-state index is -5.20. The van der Waals surface area contributed by atoms with E-state index >= 15 is 0 Å². The second kappa shape index (κ2) is 4.48. The second-order valence-electron chi connectivity index (χ2n) is 4.74. The summed E-state index contributed by atoms with van der Waals surface area (Å²) < 4.78 is 22.8. The van der Waals surface area contributed by atoms with Crippen molar-refractivity contribution in [2.75, 3.05) is 0 Å². The highest BCUT2D eigenvalue weighted by Crippen LogP contribution is 2.70. The number of hydrazone groups is 1. The minimum Gasteiger partial charge on any atom is -0.322 e. The van der Waals surface area contributed by atoms with Crippen LogP contribution in [0.2, 0.25) is 0 Å². The van der Waals surface area contributed by atoms with Crippen LogP contribution in [-0.4, -0.2) is 36.1 Å². The Bertz CT molecular complexity index is 507. The molecule has 1 saturated carbocycles. The van der Waals surface area contributed by atoms with Crippen LogP contribution in [0.4, 0.5) is 0 Å². The topological polar surface area (TPSA) is 157 Å². The molecule has 0 aromatic rings. The minimum absolute atomic E-state index is 0.212. The SMILES string of the molecule is O=C(C1=NNC(P(=O)(O)O)(P(=O)(O)O)C1)C1CCC1. The molecule has 19 heavy (non-hydrogen) atoms. The van der Waals surface area contributed by atoms with Crippen LogP contribution in [0.3, 0.4) is 0 Å². The molecule has 0 spiro atoms. The number of carbonyl (C=O) groups excluding carboxylic acids is 1. The van der Waals surface area contributed by atoms with Gasteiger partial charge in [-0.1, -0.05) is 6.42 Å². The Hall–Kier alpha value is -0.560. The van der Waals surface area contributed by atoms with Crippen molar-refractivity contribution in [3.63, 3.8) is 0 Å². The van der Waals surface area contributed by atoms with Crippen LogP contribution >= 0.6 is 15.2 Å². The Morgan fingerprint density at radius 3 is 2.05 bits per heavy atom. The lowest BCUT2D eigenvalue weighted by molar-refractivity contribution is -0.118. The van der Waals surface area contributed by atoms with Gasteiger partial charge in [0.05, 0.1) is 0 Å². The molecule has 0 amide bonds. The Balaban J connectivity index is 2.27. The van der Waals surface area contributed by atoms with Gasteiger partial charge in [-0.25, -0.2) is 0 Å². The fourth-order valence-electron chi connectivity index (χ4n) is 2.02. The summed E-state index contributed by atoms with van der Waals surface area (Å²) in [4.78, 5) is 48.6. The number of hydrogen-bond acceptors (Lipinski definition) is 5. The van der Waals surface area contributed by atoms with E-state index in [0.29, 0.717) is 12.8 Å². The average molecular weight is 312 g/mol. The van der Waals surface area contributed by atoms with Gasteiger partial charge in [-0.2, -0.15) is 5.10 Å².